The van der Waals surface area contributed by atoms with Crippen LogP contribution in [0.5, 0.6) is 11.5 Å². The van der Waals surface area contributed by atoms with E-state index in [1.54, 1.807) is 32.2 Å². The Kier molecular flexibility index (Phi) is 13.1. The van der Waals surface area contributed by atoms with Crippen molar-refractivity contribution in [2.75, 3.05) is 19.0 Å². The number of amides is 1. The molecule has 0 heterocycles. The van der Waals surface area contributed by atoms with Crippen LogP contribution in [0.15, 0.2) is 47.5 Å². The number of guanidine groups is 1. The highest BCUT2D eigenvalue weighted by molar-refractivity contribution is 14.0. The number of para-hydroxylation sites is 1. The zero-order valence-corrected chi connectivity index (χ0v) is 21.3. The minimum Gasteiger partial charge on any atom is -0.490 e. The second-order valence-corrected chi connectivity index (χ2v) is 6.83. The summed E-state index contributed by atoms with van der Waals surface area (Å²) in [6.45, 7) is 1.75. The molecule has 2 rings (SSSR count). The van der Waals surface area contributed by atoms with Crippen LogP contribution in [0, 0.1) is 0 Å². The zero-order valence-electron chi connectivity index (χ0n) is 19.0. The van der Waals surface area contributed by atoms with E-state index in [-0.39, 0.29) is 47.9 Å². The van der Waals surface area contributed by atoms with Crippen LogP contribution in [0.25, 0.3) is 0 Å². The molecule has 1 amide bonds. The van der Waals surface area contributed by atoms with Gasteiger partial charge in [0.1, 0.15) is 0 Å². The van der Waals surface area contributed by atoms with Gasteiger partial charge in [0, 0.05) is 37.8 Å². The predicted molar refractivity (Wildman–Crippen MR) is 137 cm³/mol. The van der Waals surface area contributed by atoms with Crippen LogP contribution in [0.3, 0.4) is 0 Å². The first-order chi connectivity index (χ1) is 15.5. The van der Waals surface area contributed by atoms with Crippen molar-refractivity contribution < 1.29 is 23.0 Å². The lowest BCUT2D eigenvalue weighted by Gasteiger charge is -2.17. The zero-order chi connectivity index (χ0) is 23.3. The van der Waals surface area contributed by atoms with Gasteiger partial charge in [-0.3, -0.25) is 9.79 Å². The summed E-state index contributed by atoms with van der Waals surface area (Å²) < 4.78 is 35.9. The normalized spacial score (nSPS) is 10.9. The van der Waals surface area contributed by atoms with E-state index in [0.29, 0.717) is 31.1 Å². The molecule has 182 valence electrons. The van der Waals surface area contributed by atoms with Crippen molar-refractivity contribution in [2.45, 2.75) is 46.4 Å². The molecule has 7 nitrogen and oxygen atoms in total. The standard InChI is InChI=1S/C23H30F2N4O3.HI/c1-4-8-20(30)29-18-11-6-9-16(13-18)14-27-23(26-3)28-15-17-10-7-12-19(31-5-2)21(17)32-22(24)25;/h6-7,9-13,22H,4-5,8,14-15H2,1-3H3,(H,29,30)(H2,26,27,28);1H. The van der Waals surface area contributed by atoms with E-state index in [2.05, 4.69) is 20.9 Å². The third-order valence-corrected chi connectivity index (χ3v) is 4.38. The number of alkyl halides is 2. The first-order valence-electron chi connectivity index (χ1n) is 10.5. The number of carbonyl (C=O) groups excluding carboxylic acids is 1. The predicted octanol–water partition coefficient (Wildman–Crippen LogP) is 4.91. The molecule has 0 atom stereocenters. The van der Waals surface area contributed by atoms with E-state index in [1.165, 1.54) is 0 Å². The Morgan fingerprint density at radius 3 is 2.48 bits per heavy atom. The van der Waals surface area contributed by atoms with Gasteiger partial charge in [-0.25, -0.2) is 0 Å². The maximum absolute atomic E-state index is 12.9. The topological polar surface area (TPSA) is 84.0 Å². The number of hydrogen-bond donors (Lipinski definition) is 3. The second kappa shape index (κ2) is 15.3. The van der Waals surface area contributed by atoms with Gasteiger partial charge in [-0.1, -0.05) is 31.2 Å². The lowest BCUT2D eigenvalue weighted by molar-refractivity contribution is -0.116. The highest BCUT2D eigenvalue weighted by Gasteiger charge is 2.16. The van der Waals surface area contributed by atoms with Crippen LogP contribution in [-0.2, 0) is 17.9 Å². The number of nitrogens with one attached hydrogen (secondary N) is 3. The Balaban J connectivity index is 0.00000544. The Bertz CT molecular complexity index is 913. The molecule has 0 radical (unpaired) electrons. The highest BCUT2D eigenvalue weighted by Crippen LogP contribution is 2.32. The quantitative estimate of drug-likeness (QED) is 0.201. The van der Waals surface area contributed by atoms with Gasteiger partial charge in [-0.05, 0) is 37.1 Å². The van der Waals surface area contributed by atoms with Crippen molar-refractivity contribution in [3.8, 4) is 11.5 Å². The lowest BCUT2D eigenvalue weighted by Crippen LogP contribution is -2.36. The van der Waals surface area contributed by atoms with Crippen molar-refractivity contribution in [2.24, 2.45) is 4.99 Å². The lowest BCUT2D eigenvalue weighted by atomic mass is 10.2. The fourth-order valence-corrected chi connectivity index (χ4v) is 2.99. The number of ether oxygens (including phenoxy) is 2. The van der Waals surface area contributed by atoms with E-state index in [9.17, 15) is 13.6 Å². The van der Waals surface area contributed by atoms with Crippen LogP contribution in [0.1, 0.15) is 37.8 Å². The maximum atomic E-state index is 12.9. The first kappa shape index (κ1) is 28.4. The number of rotatable bonds is 11. The van der Waals surface area contributed by atoms with Gasteiger partial charge in [0.05, 0.1) is 6.61 Å². The first-order valence-corrected chi connectivity index (χ1v) is 10.5. The average Bonchev–Trinajstić information content (AvgIpc) is 2.76. The molecule has 2 aromatic carbocycles. The van der Waals surface area contributed by atoms with Crippen molar-refractivity contribution in [1.29, 1.82) is 0 Å². The molecule has 0 aliphatic rings. The van der Waals surface area contributed by atoms with Crippen LogP contribution in [-0.4, -0.2) is 32.1 Å². The van der Waals surface area contributed by atoms with Crippen molar-refractivity contribution >= 4 is 41.5 Å². The molecule has 0 spiro atoms. The second-order valence-electron chi connectivity index (χ2n) is 6.83. The Morgan fingerprint density at radius 1 is 1.09 bits per heavy atom. The minimum absolute atomic E-state index is 0. The van der Waals surface area contributed by atoms with E-state index < -0.39 is 6.61 Å². The van der Waals surface area contributed by atoms with Gasteiger partial charge in [-0.15, -0.1) is 24.0 Å². The molecule has 0 bridgehead atoms. The smallest absolute Gasteiger partial charge is 0.387 e. The SMILES string of the molecule is CCCC(=O)Nc1cccc(CNC(=NC)NCc2cccc(OCC)c2OC(F)F)c1.I. The number of halogens is 3. The van der Waals surface area contributed by atoms with Gasteiger partial charge in [-0.2, -0.15) is 8.78 Å². The molecule has 33 heavy (non-hydrogen) atoms. The van der Waals surface area contributed by atoms with Gasteiger partial charge in [0.2, 0.25) is 5.91 Å². The summed E-state index contributed by atoms with van der Waals surface area (Å²) in [5.74, 6) is 0.723. The summed E-state index contributed by atoms with van der Waals surface area (Å²) in [5.41, 5.74) is 2.19. The Hall–Kier alpha value is -2.63. The van der Waals surface area contributed by atoms with E-state index >= 15 is 0 Å². The molecule has 3 N–H and O–H groups in total. The molecule has 0 fully saturated rings. The molecule has 0 aliphatic heterocycles. The molecule has 0 saturated heterocycles. The summed E-state index contributed by atoms with van der Waals surface area (Å²) in [5, 5.41) is 9.13. The number of nitrogens with zero attached hydrogens (tertiary/aromatic N) is 1. The molecule has 0 aromatic heterocycles. The summed E-state index contributed by atoms with van der Waals surface area (Å²) in [6, 6.07) is 12.5. The fraction of sp³-hybridized carbons (Fsp3) is 0.391. The molecule has 2 aromatic rings. The number of aliphatic imine (C=N–C) groups is 1. The third kappa shape index (κ3) is 9.80. The molecule has 0 unspecified atom stereocenters. The summed E-state index contributed by atoms with van der Waals surface area (Å²) in [7, 11) is 1.61. The van der Waals surface area contributed by atoms with Gasteiger partial charge in [0.15, 0.2) is 17.5 Å². The van der Waals surface area contributed by atoms with Gasteiger partial charge < -0.3 is 25.4 Å². The van der Waals surface area contributed by atoms with E-state index in [1.807, 2.05) is 31.2 Å². The van der Waals surface area contributed by atoms with E-state index in [0.717, 1.165) is 17.7 Å². The number of carbonyl (C=O) groups is 1. The minimum atomic E-state index is -2.96. The summed E-state index contributed by atoms with van der Waals surface area (Å²) >= 11 is 0. The largest absolute Gasteiger partial charge is 0.490 e. The molecular formula is C23H31F2IN4O3. The van der Waals surface area contributed by atoms with Crippen LogP contribution < -0.4 is 25.4 Å². The van der Waals surface area contributed by atoms with Crippen molar-refractivity contribution in [1.82, 2.24) is 10.6 Å². The van der Waals surface area contributed by atoms with Gasteiger partial charge >= 0.3 is 6.61 Å². The molecule has 0 saturated carbocycles. The maximum Gasteiger partial charge on any atom is 0.387 e. The van der Waals surface area contributed by atoms with Crippen molar-refractivity contribution in [3.63, 3.8) is 0 Å². The number of hydrogen-bond acceptors (Lipinski definition) is 4. The molecule has 10 heteroatoms. The monoisotopic (exact) mass is 576 g/mol. The van der Waals surface area contributed by atoms with Crippen LogP contribution in [0.4, 0.5) is 14.5 Å². The average molecular weight is 576 g/mol. The fourth-order valence-electron chi connectivity index (χ4n) is 2.99. The van der Waals surface area contributed by atoms with E-state index in [4.69, 9.17) is 9.47 Å². The van der Waals surface area contributed by atoms with Crippen molar-refractivity contribution in [3.05, 3.63) is 53.6 Å². The third-order valence-electron chi connectivity index (χ3n) is 4.38. The molecular weight excluding hydrogens is 545 g/mol. The van der Waals surface area contributed by atoms with Crippen LogP contribution in [0.2, 0.25) is 0 Å². The van der Waals surface area contributed by atoms with Gasteiger partial charge in [0.25, 0.3) is 0 Å². The Morgan fingerprint density at radius 2 is 1.82 bits per heavy atom. The summed E-state index contributed by atoms with van der Waals surface area (Å²) in [6.07, 6.45) is 1.26. The highest BCUT2D eigenvalue weighted by atomic mass is 127. The Labute approximate surface area is 210 Å². The number of anilines is 1. The van der Waals surface area contributed by atoms with Crippen LogP contribution >= 0.6 is 24.0 Å². The molecule has 0 aliphatic carbocycles. The number of benzene rings is 2. The summed E-state index contributed by atoms with van der Waals surface area (Å²) in [4.78, 5) is 16.0.